The number of nitrogens with one attached hydrogen (secondary N) is 2. The number of rotatable bonds is 9. The second-order valence-electron chi connectivity index (χ2n) is 5.21. The Kier molecular flexibility index (Phi) is 8.32. The summed E-state index contributed by atoms with van der Waals surface area (Å²) in [6.45, 7) is 2.16. The third-order valence-corrected chi connectivity index (χ3v) is 3.69. The number of aliphatic carboxylic acids is 1. The first-order chi connectivity index (χ1) is 10.9. The van der Waals surface area contributed by atoms with Crippen molar-refractivity contribution in [3.63, 3.8) is 0 Å². The lowest BCUT2D eigenvalue weighted by Crippen LogP contribution is -2.27. The first kappa shape index (κ1) is 19.2. The molecule has 0 fully saturated rings. The lowest BCUT2D eigenvalue weighted by molar-refractivity contribution is -0.137. The number of anilines is 1. The third kappa shape index (κ3) is 8.35. The van der Waals surface area contributed by atoms with Crippen LogP contribution in [0.4, 0.5) is 5.69 Å². The Hall–Kier alpha value is -1.89. The van der Waals surface area contributed by atoms with Gasteiger partial charge in [-0.05, 0) is 37.5 Å². The van der Waals surface area contributed by atoms with Gasteiger partial charge in [-0.3, -0.25) is 14.4 Å². The summed E-state index contributed by atoms with van der Waals surface area (Å²) in [6.07, 6.45) is 1.54. The minimum Gasteiger partial charge on any atom is -0.481 e. The SMILES string of the molecule is Cc1ccc(Br)cc1NC(=O)CCNC(=O)CCCCC(=O)O. The smallest absolute Gasteiger partial charge is 0.303 e. The Bertz CT molecular complexity index is 575. The molecule has 1 aromatic rings. The second kappa shape index (κ2) is 9.99. The van der Waals surface area contributed by atoms with E-state index >= 15 is 0 Å². The molecule has 0 aliphatic heterocycles. The van der Waals surface area contributed by atoms with Crippen molar-refractivity contribution in [1.29, 1.82) is 0 Å². The topological polar surface area (TPSA) is 95.5 Å². The number of halogens is 1. The highest BCUT2D eigenvalue weighted by molar-refractivity contribution is 9.10. The average Bonchev–Trinajstić information content (AvgIpc) is 2.47. The highest BCUT2D eigenvalue weighted by Gasteiger charge is 2.07. The van der Waals surface area contributed by atoms with E-state index in [1.54, 1.807) is 0 Å². The van der Waals surface area contributed by atoms with Gasteiger partial charge in [-0.1, -0.05) is 22.0 Å². The van der Waals surface area contributed by atoms with Crippen molar-refractivity contribution in [3.8, 4) is 0 Å². The van der Waals surface area contributed by atoms with Crippen LogP contribution in [0.15, 0.2) is 22.7 Å². The van der Waals surface area contributed by atoms with E-state index in [2.05, 4.69) is 26.6 Å². The number of benzene rings is 1. The van der Waals surface area contributed by atoms with Crippen molar-refractivity contribution in [2.45, 2.75) is 39.0 Å². The summed E-state index contributed by atoms with van der Waals surface area (Å²) in [7, 11) is 0. The maximum atomic E-state index is 11.8. The largest absolute Gasteiger partial charge is 0.481 e. The molecule has 0 atom stereocenters. The van der Waals surface area contributed by atoms with Gasteiger partial charge in [0.1, 0.15) is 0 Å². The Morgan fingerprint density at radius 2 is 1.78 bits per heavy atom. The third-order valence-electron chi connectivity index (χ3n) is 3.19. The quantitative estimate of drug-likeness (QED) is 0.570. The zero-order chi connectivity index (χ0) is 17.2. The molecule has 0 bridgehead atoms. The lowest BCUT2D eigenvalue weighted by atomic mass is 10.2. The van der Waals surface area contributed by atoms with Crippen LogP contribution in [0.1, 0.15) is 37.7 Å². The Balaban J connectivity index is 2.22. The van der Waals surface area contributed by atoms with Gasteiger partial charge >= 0.3 is 5.97 Å². The first-order valence-electron chi connectivity index (χ1n) is 7.43. The van der Waals surface area contributed by atoms with Crippen molar-refractivity contribution in [2.75, 3.05) is 11.9 Å². The zero-order valence-corrected chi connectivity index (χ0v) is 14.6. The summed E-state index contributed by atoms with van der Waals surface area (Å²) < 4.78 is 0.882. The number of hydrogen-bond donors (Lipinski definition) is 3. The first-order valence-corrected chi connectivity index (χ1v) is 8.22. The van der Waals surface area contributed by atoms with E-state index in [1.165, 1.54) is 0 Å². The van der Waals surface area contributed by atoms with Gasteiger partial charge in [0.05, 0.1) is 0 Å². The molecule has 3 N–H and O–H groups in total. The monoisotopic (exact) mass is 384 g/mol. The van der Waals surface area contributed by atoms with Crippen LogP contribution in [-0.4, -0.2) is 29.4 Å². The Labute approximate surface area is 143 Å². The Morgan fingerprint density at radius 3 is 2.48 bits per heavy atom. The molecule has 0 aliphatic rings. The van der Waals surface area contributed by atoms with Crippen LogP contribution in [-0.2, 0) is 14.4 Å². The summed E-state index contributed by atoms with van der Waals surface area (Å²) in [5, 5.41) is 14.0. The van der Waals surface area contributed by atoms with Crippen molar-refractivity contribution in [3.05, 3.63) is 28.2 Å². The summed E-state index contributed by atoms with van der Waals surface area (Å²) in [6, 6.07) is 5.63. The van der Waals surface area contributed by atoms with Crippen molar-refractivity contribution in [2.24, 2.45) is 0 Å². The van der Waals surface area contributed by atoms with E-state index in [4.69, 9.17) is 5.11 Å². The van der Waals surface area contributed by atoms with Crippen LogP contribution < -0.4 is 10.6 Å². The van der Waals surface area contributed by atoms with Gasteiger partial charge in [0, 0.05) is 36.0 Å². The van der Waals surface area contributed by atoms with Crippen LogP contribution in [0.2, 0.25) is 0 Å². The number of carbonyl (C=O) groups excluding carboxylic acids is 2. The van der Waals surface area contributed by atoms with Gasteiger partial charge in [-0.15, -0.1) is 0 Å². The zero-order valence-electron chi connectivity index (χ0n) is 13.0. The van der Waals surface area contributed by atoms with Gasteiger partial charge in [0.2, 0.25) is 11.8 Å². The average molecular weight is 385 g/mol. The molecule has 1 rings (SSSR count). The summed E-state index contributed by atoms with van der Waals surface area (Å²) in [4.78, 5) is 33.7. The lowest BCUT2D eigenvalue weighted by Gasteiger charge is -2.09. The maximum absolute atomic E-state index is 11.8. The molecule has 0 heterocycles. The fourth-order valence-corrected chi connectivity index (χ4v) is 2.27. The fraction of sp³-hybridized carbons (Fsp3) is 0.438. The van der Waals surface area contributed by atoms with Gasteiger partial charge < -0.3 is 15.7 Å². The van der Waals surface area contributed by atoms with Crippen molar-refractivity contribution < 1.29 is 19.5 Å². The summed E-state index contributed by atoms with van der Waals surface area (Å²) in [5.74, 6) is -1.19. The molecule has 0 saturated heterocycles. The molecule has 1 aromatic carbocycles. The summed E-state index contributed by atoms with van der Waals surface area (Å²) >= 11 is 3.35. The minimum absolute atomic E-state index is 0.0711. The van der Waals surface area contributed by atoms with Gasteiger partial charge in [0.15, 0.2) is 0 Å². The molecule has 7 heteroatoms. The number of amides is 2. The van der Waals surface area contributed by atoms with Gasteiger partial charge in [-0.25, -0.2) is 0 Å². The number of carbonyl (C=O) groups is 3. The molecular weight excluding hydrogens is 364 g/mol. The van der Waals surface area contributed by atoms with Crippen LogP contribution in [0.5, 0.6) is 0 Å². The molecule has 0 spiro atoms. The number of hydrogen-bond acceptors (Lipinski definition) is 3. The predicted molar refractivity (Wildman–Crippen MR) is 91.2 cm³/mol. The second-order valence-corrected chi connectivity index (χ2v) is 6.12. The van der Waals surface area contributed by atoms with E-state index in [9.17, 15) is 14.4 Å². The number of aryl methyl sites for hydroxylation is 1. The Morgan fingerprint density at radius 1 is 1.09 bits per heavy atom. The molecule has 0 radical (unpaired) electrons. The minimum atomic E-state index is -0.857. The molecule has 0 unspecified atom stereocenters. The van der Waals surface area contributed by atoms with Gasteiger partial charge in [0.25, 0.3) is 0 Å². The molecule has 126 valence electrons. The van der Waals surface area contributed by atoms with E-state index in [1.807, 2.05) is 25.1 Å². The van der Waals surface area contributed by atoms with Gasteiger partial charge in [-0.2, -0.15) is 0 Å². The van der Waals surface area contributed by atoms with Crippen LogP contribution >= 0.6 is 15.9 Å². The predicted octanol–water partition coefficient (Wildman–Crippen LogP) is 2.85. The van der Waals surface area contributed by atoms with Crippen LogP contribution in [0, 0.1) is 6.92 Å². The van der Waals surface area contributed by atoms with E-state index in [0.717, 1.165) is 15.7 Å². The highest BCUT2D eigenvalue weighted by atomic mass is 79.9. The van der Waals surface area contributed by atoms with Crippen molar-refractivity contribution >= 4 is 39.4 Å². The standard InChI is InChI=1S/C16H21BrN2O4/c1-11-6-7-12(17)10-13(11)19-15(21)8-9-18-14(20)4-2-3-5-16(22)23/h6-7,10H,2-5,8-9H2,1H3,(H,18,20)(H,19,21)(H,22,23). The molecule has 0 aliphatic carbocycles. The molecule has 6 nitrogen and oxygen atoms in total. The normalized spacial score (nSPS) is 10.2. The summed E-state index contributed by atoms with van der Waals surface area (Å²) in [5.41, 5.74) is 1.70. The van der Waals surface area contributed by atoms with Crippen molar-refractivity contribution in [1.82, 2.24) is 5.32 Å². The van der Waals surface area contributed by atoms with Crippen LogP contribution in [0.25, 0.3) is 0 Å². The molecule has 0 aromatic heterocycles. The van der Waals surface area contributed by atoms with E-state index in [0.29, 0.717) is 12.8 Å². The number of carboxylic acids is 1. The highest BCUT2D eigenvalue weighted by Crippen LogP contribution is 2.20. The van der Waals surface area contributed by atoms with Crippen LogP contribution in [0.3, 0.4) is 0 Å². The fourth-order valence-electron chi connectivity index (χ4n) is 1.91. The maximum Gasteiger partial charge on any atom is 0.303 e. The number of unbranched alkanes of at least 4 members (excludes halogenated alkanes) is 1. The number of carboxylic acid groups (broad SMARTS) is 1. The molecule has 2 amide bonds. The van der Waals surface area contributed by atoms with E-state index in [-0.39, 0.29) is 37.6 Å². The molecule has 0 saturated carbocycles. The molecular formula is C16H21BrN2O4. The van der Waals surface area contributed by atoms with E-state index < -0.39 is 5.97 Å². The molecule has 23 heavy (non-hydrogen) atoms.